The van der Waals surface area contributed by atoms with Crippen LogP contribution in [0.25, 0.3) is 10.8 Å². The van der Waals surface area contributed by atoms with Crippen LogP contribution in [0.3, 0.4) is 0 Å². The van der Waals surface area contributed by atoms with Gasteiger partial charge in [0, 0.05) is 5.02 Å². The van der Waals surface area contributed by atoms with E-state index in [0.717, 1.165) is 28.7 Å². The van der Waals surface area contributed by atoms with E-state index >= 15 is 0 Å². The van der Waals surface area contributed by atoms with Gasteiger partial charge in [-0.15, -0.1) is 0 Å². The smallest absolute Gasteiger partial charge is 0.0412 e. The minimum atomic E-state index is 0.771. The fourth-order valence-electron chi connectivity index (χ4n) is 5.72. The Labute approximate surface area is 164 Å². The van der Waals surface area contributed by atoms with Gasteiger partial charge in [0.15, 0.2) is 0 Å². The Kier molecular flexibility index (Phi) is 5.89. The Balaban J connectivity index is 1.39. The zero-order valence-corrected chi connectivity index (χ0v) is 17.0. The molecule has 4 atom stereocenters. The standard InChI is InChI=1S/C25H33Cl/c1-2-3-4-5-18-6-7-20-15-21(9-8-19(20)14-18)22-10-11-24-17-25(26)13-12-23(24)16-22/h10-13,16-21H,2-9,14-15H2,1H3/t18-,19?,20-,21?/m1/s1. The van der Waals surface area contributed by atoms with Crippen molar-refractivity contribution in [1.82, 2.24) is 0 Å². The van der Waals surface area contributed by atoms with Gasteiger partial charge in [-0.25, -0.2) is 0 Å². The second-order valence-electron chi connectivity index (χ2n) is 8.96. The number of rotatable bonds is 5. The second-order valence-corrected chi connectivity index (χ2v) is 9.39. The maximum atomic E-state index is 6.14. The van der Waals surface area contributed by atoms with Crippen molar-refractivity contribution < 1.29 is 0 Å². The van der Waals surface area contributed by atoms with Crippen molar-refractivity contribution in [2.45, 2.75) is 77.0 Å². The first-order chi connectivity index (χ1) is 12.7. The molecule has 2 saturated carbocycles. The lowest BCUT2D eigenvalue weighted by atomic mass is 9.63. The molecule has 0 bridgehead atoms. The van der Waals surface area contributed by atoms with Crippen LogP contribution >= 0.6 is 11.6 Å². The van der Waals surface area contributed by atoms with Crippen LogP contribution in [0.4, 0.5) is 0 Å². The van der Waals surface area contributed by atoms with E-state index in [-0.39, 0.29) is 0 Å². The van der Waals surface area contributed by atoms with E-state index in [1.807, 2.05) is 6.07 Å². The fraction of sp³-hybridized carbons (Fsp3) is 0.600. The third-order valence-corrected chi connectivity index (χ3v) is 7.47. The lowest BCUT2D eigenvalue weighted by molar-refractivity contribution is 0.113. The Morgan fingerprint density at radius 1 is 0.846 bits per heavy atom. The molecule has 0 nitrogen and oxygen atoms in total. The van der Waals surface area contributed by atoms with Gasteiger partial charge >= 0.3 is 0 Å². The molecule has 2 fully saturated rings. The van der Waals surface area contributed by atoms with Crippen molar-refractivity contribution >= 4 is 22.4 Å². The Bertz CT molecular complexity index is 734. The second kappa shape index (κ2) is 8.34. The maximum absolute atomic E-state index is 6.14. The molecule has 0 aromatic heterocycles. The van der Waals surface area contributed by atoms with Gasteiger partial charge < -0.3 is 0 Å². The fourth-order valence-corrected chi connectivity index (χ4v) is 5.90. The largest absolute Gasteiger partial charge is 0.0843 e. The molecular formula is C25H33Cl. The van der Waals surface area contributed by atoms with Crippen LogP contribution in [0.15, 0.2) is 36.4 Å². The zero-order valence-electron chi connectivity index (χ0n) is 16.2. The van der Waals surface area contributed by atoms with Crippen molar-refractivity contribution in [3.05, 3.63) is 47.0 Å². The molecular weight excluding hydrogens is 336 g/mol. The molecule has 26 heavy (non-hydrogen) atoms. The monoisotopic (exact) mass is 368 g/mol. The van der Waals surface area contributed by atoms with E-state index in [0.29, 0.717) is 0 Å². The van der Waals surface area contributed by atoms with Crippen LogP contribution in [0, 0.1) is 17.8 Å². The SMILES string of the molecule is CCCCC[C@@H]1CC[C@@H]2CC(c3ccc4cc(Cl)ccc4c3)CCC2C1. The highest BCUT2D eigenvalue weighted by Crippen LogP contribution is 2.48. The van der Waals surface area contributed by atoms with Gasteiger partial charge in [-0.2, -0.15) is 0 Å². The number of halogens is 1. The summed E-state index contributed by atoms with van der Waals surface area (Å²) in [5, 5.41) is 3.44. The van der Waals surface area contributed by atoms with E-state index in [1.54, 1.807) is 5.56 Å². The predicted octanol–water partition coefficient (Wildman–Crippen LogP) is 8.37. The summed E-state index contributed by atoms with van der Waals surface area (Å²) in [4.78, 5) is 0. The van der Waals surface area contributed by atoms with Crippen molar-refractivity contribution in [3.8, 4) is 0 Å². The van der Waals surface area contributed by atoms with Crippen molar-refractivity contribution in [3.63, 3.8) is 0 Å². The molecule has 2 aliphatic carbocycles. The minimum Gasteiger partial charge on any atom is -0.0843 e. The summed E-state index contributed by atoms with van der Waals surface area (Å²) in [5.41, 5.74) is 1.56. The predicted molar refractivity (Wildman–Crippen MR) is 114 cm³/mol. The summed E-state index contributed by atoms with van der Waals surface area (Å²) in [6, 6.07) is 13.3. The van der Waals surface area contributed by atoms with Gasteiger partial charge in [-0.05, 0) is 84.2 Å². The van der Waals surface area contributed by atoms with Gasteiger partial charge in [-0.1, -0.05) is 74.9 Å². The lowest BCUT2D eigenvalue weighted by Gasteiger charge is -2.42. The van der Waals surface area contributed by atoms with E-state index < -0.39 is 0 Å². The first-order valence-electron chi connectivity index (χ1n) is 10.9. The number of hydrogen-bond donors (Lipinski definition) is 0. The molecule has 2 aliphatic rings. The molecule has 4 rings (SSSR count). The number of fused-ring (bicyclic) bond motifs is 2. The summed E-state index contributed by atoms with van der Waals surface area (Å²) < 4.78 is 0. The van der Waals surface area contributed by atoms with Gasteiger partial charge in [-0.3, -0.25) is 0 Å². The lowest BCUT2D eigenvalue weighted by Crippen LogP contribution is -2.30. The van der Waals surface area contributed by atoms with Crippen molar-refractivity contribution in [1.29, 1.82) is 0 Å². The topological polar surface area (TPSA) is 0 Å². The molecule has 0 N–H and O–H groups in total. The molecule has 0 amide bonds. The average molecular weight is 369 g/mol. The van der Waals surface area contributed by atoms with Crippen LogP contribution in [0.2, 0.25) is 5.02 Å². The summed E-state index contributed by atoms with van der Waals surface area (Å²) >= 11 is 6.14. The van der Waals surface area contributed by atoms with E-state index in [1.165, 1.54) is 75.0 Å². The molecule has 0 aliphatic heterocycles. The summed E-state index contributed by atoms with van der Waals surface area (Å²) in [6.07, 6.45) is 14.5. The molecule has 140 valence electrons. The first kappa shape index (κ1) is 18.4. The van der Waals surface area contributed by atoms with Gasteiger partial charge in [0.05, 0.1) is 0 Å². The number of unbranched alkanes of at least 4 members (excludes halogenated alkanes) is 2. The number of benzene rings is 2. The summed E-state index contributed by atoms with van der Waals surface area (Å²) in [7, 11) is 0. The normalized spacial score (nSPS) is 28.8. The molecule has 2 unspecified atom stereocenters. The Hall–Kier alpha value is -1.01. The highest BCUT2D eigenvalue weighted by atomic mass is 35.5. The van der Waals surface area contributed by atoms with Crippen LogP contribution in [-0.4, -0.2) is 0 Å². The van der Waals surface area contributed by atoms with E-state index in [2.05, 4.69) is 37.3 Å². The van der Waals surface area contributed by atoms with E-state index in [4.69, 9.17) is 11.6 Å². The third-order valence-electron chi connectivity index (χ3n) is 7.24. The van der Waals surface area contributed by atoms with Crippen LogP contribution < -0.4 is 0 Å². The van der Waals surface area contributed by atoms with Gasteiger partial charge in [0.25, 0.3) is 0 Å². The zero-order chi connectivity index (χ0) is 17.9. The van der Waals surface area contributed by atoms with Crippen LogP contribution in [0.1, 0.15) is 82.6 Å². The summed E-state index contributed by atoms with van der Waals surface area (Å²) in [5.74, 6) is 3.81. The molecule has 0 radical (unpaired) electrons. The van der Waals surface area contributed by atoms with Crippen molar-refractivity contribution in [2.75, 3.05) is 0 Å². The highest BCUT2D eigenvalue weighted by molar-refractivity contribution is 6.31. The molecule has 0 saturated heterocycles. The van der Waals surface area contributed by atoms with E-state index in [9.17, 15) is 0 Å². The Morgan fingerprint density at radius 2 is 1.62 bits per heavy atom. The summed E-state index contributed by atoms with van der Waals surface area (Å²) in [6.45, 7) is 2.32. The quantitative estimate of drug-likeness (QED) is 0.465. The molecule has 1 heteroatoms. The van der Waals surface area contributed by atoms with Gasteiger partial charge in [0.1, 0.15) is 0 Å². The van der Waals surface area contributed by atoms with Crippen LogP contribution in [0.5, 0.6) is 0 Å². The van der Waals surface area contributed by atoms with Crippen LogP contribution in [-0.2, 0) is 0 Å². The average Bonchev–Trinajstić information content (AvgIpc) is 2.67. The third kappa shape index (κ3) is 4.11. The number of hydrogen-bond acceptors (Lipinski definition) is 0. The Morgan fingerprint density at radius 3 is 2.50 bits per heavy atom. The highest BCUT2D eigenvalue weighted by Gasteiger charge is 2.35. The minimum absolute atomic E-state index is 0.771. The molecule has 2 aromatic carbocycles. The maximum Gasteiger partial charge on any atom is 0.0412 e. The van der Waals surface area contributed by atoms with Crippen molar-refractivity contribution in [2.24, 2.45) is 17.8 Å². The molecule has 0 spiro atoms. The first-order valence-corrected chi connectivity index (χ1v) is 11.3. The molecule has 0 heterocycles. The molecule has 2 aromatic rings. The van der Waals surface area contributed by atoms with Gasteiger partial charge in [0.2, 0.25) is 0 Å².